The molecule has 0 aliphatic heterocycles. The molecule has 0 aliphatic rings. The molecule has 0 radical (unpaired) electrons. The number of hydrogen-bond donors (Lipinski definition) is 0. The summed E-state index contributed by atoms with van der Waals surface area (Å²) >= 11 is 8.22. The van der Waals surface area contributed by atoms with Crippen molar-refractivity contribution in [3.63, 3.8) is 0 Å². The Balaban J connectivity index is 2.26. The van der Waals surface area contributed by atoms with E-state index in [2.05, 4.69) is 53.1 Å². The summed E-state index contributed by atoms with van der Waals surface area (Å²) in [5.41, 5.74) is 3.44. The third kappa shape index (κ3) is 5.88. The summed E-state index contributed by atoms with van der Waals surface area (Å²) in [4.78, 5) is 5.89. The van der Waals surface area contributed by atoms with Gasteiger partial charge in [-0.05, 0) is 48.7 Å². The van der Waals surface area contributed by atoms with Crippen molar-refractivity contribution < 1.29 is 4.84 Å². The zero-order valence-electron chi connectivity index (χ0n) is 14.5. The van der Waals surface area contributed by atoms with Gasteiger partial charge in [-0.1, -0.05) is 78.0 Å². The highest BCUT2D eigenvalue weighted by Crippen LogP contribution is 2.23. The van der Waals surface area contributed by atoms with Gasteiger partial charge in [-0.2, -0.15) is 4.73 Å². The maximum Gasteiger partial charge on any atom is 0.119 e. The Hall–Kier alpha value is -0.880. The zero-order valence-corrected chi connectivity index (χ0v) is 17.5. The van der Waals surface area contributed by atoms with Crippen LogP contribution in [-0.2, 0) is 6.42 Å². The number of aryl methyl sites for hydroxylation is 1. The molecule has 0 fully saturated rings. The predicted octanol–water partition coefficient (Wildman–Crippen LogP) is 6.26. The molecule has 0 amide bonds. The predicted molar refractivity (Wildman–Crippen MR) is 113 cm³/mol. The van der Waals surface area contributed by atoms with E-state index in [1.54, 1.807) is 0 Å². The van der Waals surface area contributed by atoms with E-state index in [1.807, 2.05) is 30.8 Å². The van der Waals surface area contributed by atoms with Crippen LogP contribution in [0.4, 0.5) is 0 Å². The highest BCUT2D eigenvalue weighted by atomic mass is 127. The maximum atomic E-state index is 5.89. The van der Waals surface area contributed by atoms with Crippen LogP contribution < -0.4 is 4.84 Å². The first-order valence-corrected chi connectivity index (χ1v) is 10.6. The van der Waals surface area contributed by atoms with Crippen LogP contribution in [0, 0.1) is 4.51 Å². The van der Waals surface area contributed by atoms with E-state index in [4.69, 9.17) is 17.1 Å². The molecule has 1 aromatic heterocycles. The Morgan fingerprint density at radius 1 is 1.04 bits per heavy atom. The van der Waals surface area contributed by atoms with Gasteiger partial charge in [-0.3, -0.25) is 0 Å². The Bertz CT molecular complexity index is 682. The molecule has 1 heterocycles. The number of alkyl halides is 1. The van der Waals surface area contributed by atoms with Gasteiger partial charge in [0, 0.05) is 11.8 Å². The molecule has 0 bridgehead atoms. The topological polar surface area (TPSA) is 14.2 Å². The minimum atomic E-state index is 0.131. The highest BCUT2D eigenvalue weighted by molar-refractivity contribution is 14.1. The average molecular weight is 455 g/mol. The fourth-order valence-electron chi connectivity index (χ4n) is 2.68. The molecule has 0 aliphatic carbocycles. The highest BCUT2D eigenvalue weighted by Gasteiger charge is 2.08. The lowest BCUT2D eigenvalue weighted by Gasteiger charge is -2.16. The molecule has 0 saturated carbocycles. The molecule has 0 N–H and O–H groups in total. The first-order chi connectivity index (χ1) is 11.6. The average Bonchev–Trinajstić information content (AvgIpc) is 2.57. The molecule has 130 valence electrons. The summed E-state index contributed by atoms with van der Waals surface area (Å²) in [7, 11) is 0. The summed E-state index contributed by atoms with van der Waals surface area (Å²) in [6, 6.07) is 10.3. The lowest BCUT2D eigenvalue weighted by Crippen LogP contribution is -2.19. The molecule has 2 nitrogen and oxygen atoms in total. The molecule has 0 saturated heterocycles. The fraction of sp³-hybridized carbons (Fsp3) is 0.450. The fourth-order valence-corrected chi connectivity index (χ4v) is 3.54. The van der Waals surface area contributed by atoms with Crippen LogP contribution in [0.1, 0.15) is 45.1 Å². The van der Waals surface area contributed by atoms with Gasteiger partial charge in [0.25, 0.3) is 0 Å². The van der Waals surface area contributed by atoms with Gasteiger partial charge in [0.15, 0.2) is 0 Å². The van der Waals surface area contributed by atoms with E-state index < -0.39 is 0 Å². The van der Waals surface area contributed by atoms with E-state index in [-0.39, 0.29) is 6.10 Å². The molecule has 24 heavy (non-hydrogen) atoms. The van der Waals surface area contributed by atoms with E-state index in [1.165, 1.54) is 35.7 Å². The van der Waals surface area contributed by atoms with Crippen LogP contribution in [0.25, 0.3) is 11.1 Å². The van der Waals surface area contributed by atoms with Crippen LogP contribution in [0.3, 0.4) is 0 Å². The molecular weight excluding hydrogens is 429 g/mol. The van der Waals surface area contributed by atoms with Gasteiger partial charge in [-0.15, -0.1) is 0 Å². The van der Waals surface area contributed by atoms with Crippen LogP contribution in [-0.4, -0.2) is 15.3 Å². The van der Waals surface area contributed by atoms with Crippen LogP contribution in [0.5, 0.6) is 0 Å². The van der Waals surface area contributed by atoms with Gasteiger partial charge in [0.2, 0.25) is 0 Å². The van der Waals surface area contributed by atoms with Crippen molar-refractivity contribution in [1.82, 2.24) is 4.73 Å². The number of pyridine rings is 1. The largest absolute Gasteiger partial charge is 0.412 e. The number of aromatic nitrogens is 1. The third-order valence-corrected chi connectivity index (χ3v) is 5.07. The van der Waals surface area contributed by atoms with Crippen LogP contribution in [0.15, 0.2) is 42.7 Å². The second-order valence-electron chi connectivity index (χ2n) is 6.26. The van der Waals surface area contributed by atoms with Crippen molar-refractivity contribution in [2.24, 2.45) is 0 Å². The van der Waals surface area contributed by atoms with Gasteiger partial charge in [-0.25, -0.2) is 0 Å². The van der Waals surface area contributed by atoms with Crippen molar-refractivity contribution in [2.75, 3.05) is 4.43 Å². The minimum absolute atomic E-state index is 0.131. The lowest BCUT2D eigenvalue weighted by atomic mass is 10.0. The summed E-state index contributed by atoms with van der Waals surface area (Å²) < 4.78 is 4.04. The van der Waals surface area contributed by atoms with E-state index in [0.29, 0.717) is 0 Å². The molecule has 4 heteroatoms. The van der Waals surface area contributed by atoms with Crippen molar-refractivity contribution >= 4 is 34.8 Å². The van der Waals surface area contributed by atoms with Gasteiger partial charge >= 0.3 is 0 Å². The summed E-state index contributed by atoms with van der Waals surface area (Å²) in [6.45, 7) is 4.08. The monoisotopic (exact) mass is 455 g/mol. The van der Waals surface area contributed by atoms with E-state index >= 15 is 0 Å². The van der Waals surface area contributed by atoms with Gasteiger partial charge < -0.3 is 4.84 Å². The number of benzene rings is 1. The first-order valence-electron chi connectivity index (χ1n) is 8.65. The van der Waals surface area contributed by atoms with Gasteiger partial charge in [0.1, 0.15) is 6.10 Å². The maximum absolute atomic E-state index is 5.89. The number of rotatable bonds is 9. The third-order valence-electron chi connectivity index (χ3n) is 3.82. The smallest absolute Gasteiger partial charge is 0.119 e. The molecule has 0 atom stereocenters. The molecular formula is C20H26INOS. The zero-order chi connectivity index (χ0) is 17.4. The van der Waals surface area contributed by atoms with Crippen LogP contribution in [0.2, 0.25) is 0 Å². The van der Waals surface area contributed by atoms with Crippen molar-refractivity contribution in [1.29, 1.82) is 0 Å². The van der Waals surface area contributed by atoms with E-state index in [0.717, 1.165) is 22.1 Å². The summed E-state index contributed by atoms with van der Waals surface area (Å²) in [5.74, 6) is 0. The van der Waals surface area contributed by atoms with Crippen molar-refractivity contribution in [3.8, 4) is 11.1 Å². The second-order valence-corrected chi connectivity index (χ2v) is 7.75. The molecule has 2 rings (SSSR count). The minimum Gasteiger partial charge on any atom is -0.412 e. The normalized spacial score (nSPS) is 11.0. The molecule has 1 aromatic carbocycles. The SMILES string of the molecule is CC(C)On1cc(CCCCCCI)c(=S)c(-c2ccccc2)c1. The molecule has 0 unspecified atom stereocenters. The van der Waals surface area contributed by atoms with Gasteiger partial charge in [0.05, 0.1) is 10.7 Å². The lowest BCUT2D eigenvalue weighted by molar-refractivity contribution is 0.0585. The first kappa shape index (κ1) is 19.4. The summed E-state index contributed by atoms with van der Waals surface area (Å²) in [6.07, 6.45) is 10.3. The molecule has 2 aromatic rings. The number of hydrogen-bond acceptors (Lipinski definition) is 2. The Labute approximate surface area is 164 Å². The Morgan fingerprint density at radius 2 is 1.75 bits per heavy atom. The number of unbranched alkanes of at least 4 members (excludes halogenated alkanes) is 3. The Kier molecular flexibility index (Phi) is 8.25. The number of nitrogens with zero attached hydrogens (tertiary/aromatic N) is 1. The second kappa shape index (κ2) is 10.2. The van der Waals surface area contributed by atoms with Crippen molar-refractivity contribution in [2.45, 2.75) is 52.1 Å². The van der Waals surface area contributed by atoms with Crippen LogP contribution >= 0.6 is 34.8 Å². The summed E-state index contributed by atoms with van der Waals surface area (Å²) in [5, 5.41) is 0. The van der Waals surface area contributed by atoms with Crippen molar-refractivity contribution in [3.05, 3.63) is 52.8 Å². The van der Waals surface area contributed by atoms with E-state index in [9.17, 15) is 0 Å². The molecule has 0 spiro atoms. The standard InChI is InChI=1S/C20H26INOS/c1-16(2)23-22-14-18(12-6-3-4-9-13-21)20(24)19(15-22)17-10-7-5-8-11-17/h5,7-8,10-11,14-16H,3-4,6,9,12-13H2,1-2H3. The Morgan fingerprint density at radius 3 is 2.42 bits per heavy atom. The quantitative estimate of drug-likeness (QED) is 0.192. The number of halogens is 1.